The second-order valence-electron chi connectivity index (χ2n) is 6.49. The van der Waals surface area contributed by atoms with E-state index in [1.54, 1.807) is 6.07 Å². The van der Waals surface area contributed by atoms with E-state index < -0.39 is 23.1 Å². The van der Waals surface area contributed by atoms with Crippen LogP contribution in [0.4, 0.5) is 18.3 Å². The fourth-order valence-electron chi connectivity index (χ4n) is 3.38. The van der Waals surface area contributed by atoms with Gasteiger partial charge in [0.1, 0.15) is 23.0 Å². The number of anilines is 1. The van der Waals surface area contributed by atoms with Crippen LogP contribution in [0.25, 0.3) is 10.2 Å². The molecule has 1 aromatic heterocycles. The normalized spacial score (nSPS) is 19.4. The lowest BCUT2D eigenvalue weighted by Gasteiger charge is -2.22. The number of hydrogen-bond acceptors (Lipinski definition) is 4. The van der Waals surface area contributed by atoms with Crippen LogP contribution in [-0.4, -0.2) is 23.0 Å². The average molecular weight is 391 g/mol. The number of rotatable bonds is 4. The molecule has 140 valence electrons. The molecule has 0 radical (unpaired) electrons. The number of thiazole rings is 1. The molecule has 2 atom stereocenters. The topological polar surface area (TPSA) is 54.0 Å². The molecule has 0 bridgehead atoms. The second kappa shape index (κ2) is 7.19. The maximum atomic E-state index is 13.8. The van der Waals surface area contributed by atoms with Gasteiger partial charge in [-0.15, -0.1) is 0 Å². The third kappa shape index (κ3) is 3.62. The number of fused-ring (bicyclic) bond motifs is 1. The largest absolute Gasteiger partial charge is 0.357 e. The minimum absolute atomic E-state index is 0.116. The summed E-state index contributed by atoms with van der Waals surface area (Å²) < 4.78 is 41.7. The zero-order valence-corrected chi connectivity index (χ0v) is 15.0. The number of benzene rings is 2. The molecule has 4 rings (SSSR count). The van der Waals surface area contributed by atoms with Crippen LogP contribution >= 0.6 is 11.3 Å². The number of aromatic nitrogens is 1. The van der Waals surface area contributed by atoms with Crippen LogP contribution in [0, 0.1) is 17.5 Å². The molecule has 3 aromatic rings. The van der Waals surface area contributed by atoms with Gasteiger partial charge in [-0.25, -0.2) is 18.2 Å². The summed E-state index contributed by atoms with van der Waals surface area (Å²) in [5.74, 6) is -2.86. The van der Waals surface area contributed by atoms with Crippen LogP contribution in [0.1, 0.15) is 29.6 Å². The average Bonchev–Trinajstić information content (AvgIpc) is 3.21. The Kier molecular flexibility index (Phi) is 4.73. The van der Waals surface area contributed by atoms with E-state index in [4.69, 9.17) is 0 Å². The van der Waals surface area contributed by atoms with Crippen molar-refractivity contribution in [2.45, 2.75) is 31.3 Å². The van der Waals surface area contributed by atoms with Crippen LogP contribution in [0.2, 0.25) is 0 Å². The van der Waals surface area contributed by atoms with Gasteiger partial charge < -0.3 is 10.6 Å². The minimum Gasteiger partial charge on any atom is -0.357 e. The molecule has 0 aliphatic heterocycles. The van der Waals surface area contributed by atoms with Crippen molar-refractivity contribution < 1.29 is 18.0 Å². The van der Waals surface area contributed by atoms with Crippen LogP contribution in [0.5, 0.6) is 0 Å². The molecule has 8 heteroatoms. The summed E-state index contributed by atoms with van der Waals surface area (Å²) in [5.41, 5.74) is 0.120. The molecule has 1 amide bonds. The van der Waals surface area contributed by atoms with E-state index >= 15 is 0 Å². The number of halogens is 3. The lowest BCUT2D eigenvalue weighted by atomic mass is 10.1. The fourth-order valence-corrected chi connectivity index (χ4v) is 4.33. The predicted molar refractivity (Wildman–Crippen MR) is 98.5 cm³/mol. The van der Waals surface area contributed by atoms with Crippen LogP contribution < -0.4 is 10.6 Å². The molecule has 1 heterocycles. The Labute approximate surface area is 157 Å². The Balaban J connectivity index is 1.49. The van der Waals surface area contributed by atoms with Gasteiger partial charge in [0.15, 0.2) is 5.13 Å². The van der Waals surface area contributed by atoms with Crippen molar-refractivity contribution in [3.63, 3.8) is 0 Å². The molecule has 2 N–H and O–H groups in total. The molecular formula is C19H16F3N3OS. The summed E-state index contributed by atoms with van der Waals surface area (Å²) in [7, 11) is 0. The highest BCUT2D eigenvalue weighted by Crippen LogP contribution is 2.30. The summed E-state index contributed by atoms with van der Waals surface area (Å²) in [5, 5.41) is 6.62. The first kappa shape index (κ1) is 17.8. The first-order valence-corrected chi connectivity index (χ1v) is 9.40. The van der Waals surface area contributed by atoms with Crippen molar-refractivity contribution in [2.24, 2.45) is 0 Å². The number of carbonyl (C=O) groups is 1. The molecule has 27 heavy (non-hydrogen) atoms. The van der Waals surface area contributed by atoms with Crippen molar-refractivity contribution >= 4 is 32.6 Å². The van der Waals surface area contributed by atoms with Gasteiger partial charge in [-0.1, -0.05) is 17.4 Å². The van der Waals surface area contributed by atoms with E-state index in [1.807, 2.05) is 0 Å². The molecular weight excluding hydrogens is 375 g/mol. The molecule has 0 saturated heterocycles. The summed E-state index contributed by atoms with van der Waals surface area (Å²) in [6, 6.07) is 7.33. The standard InChI is InChI=1S/C19H16F3N3OS/c20-10-7-8-15-16(9-10)27-19(25-15)24-14-6-2-5-13(14)23-18(26)17-11(21)3-1-4-12(17)22/h1,3-4,7-9,13-14H,2,5-6H2,(H,23,26)(H,24,25)/t13-,14+/m1/s1. The van der Waals surface area contributed by atoms with Gasteiger partial charge in [0.25, 0.3) is 5.91 Å². The van der Waals surface area contributed by atoms with E-state index in [1.165, 1.54) is 29.5 Å². The Bertz CT molecular complexity index is 987. The number of amides is 1. The van der Waals surface area contributed by atoms with Gasteiger partial charge >= 0.3 is 0 Å². The lowest BCUT2D eigenvalue weighted by Crippen LogP contribution is -2.43. The van der Waals surface area contributed by atoms with Crippen molar-refractivity contribution in [2.75, 3.05) is 5.32 Å². The zero-order valence-electron chi connectivity index (χ0n) is 14.1. The predicted octanol–water partition coefficient (Wildman–Crippen LogP) is 4.48. The number of carbonyl (C=O) groups excluding carboxylic acids is 1. The molecule has 1 saturated carbocycles. The highest BCUT2D eigenvalue weighted by molar-refractivity contribution is 7.22. The molecule has 0 spiro atoms. The van der Waals surface area contributed by atoms with E-state index in [2.05, 4.69) is 15.6 Å². The van der Waals surface area contributed by atoms with Crippen molar-refractivity contribution in [3.8, 4) is 0 Å². The van der Waals surface area contributed by atoms with Crippen molar-refractivity contribution in [1.82, 2.24) is 10.3 Å². The van der Waals surface area contributed by atoms with Crippen LogP contribution in [0.15, 0.2) is 36.4 Å². The first-order valence-electron chi connectivity index (χ1n) is 8.59. The Morgan fingerprint density at radius 1 is 1.07 bits per heavy atom. The minimum atomic E-state index is -0.886. The van der Waals surface area contributed by atoms with Gasteiger partial charge in [-0.05, 0) is 49.6 Å². The first-order chi connectivity index (χ1) is 13.0. The van der Waals surface area contributed by atoms with E-state index in [0.29, 0.717) is 17.1 Å². The zero-order chi connectivity index (χ0) is 19.0. The van der Waals surface area contributed by atoms with Gasteiger partial charge in [0.2, 0.25) is 0 Å². The molecule has 1 aliphatic rings. The number of hydrogen-bond donors (Lipinski definition) is 2. The van der Waals surface area contributed by atoms with Gasteiger partial charge in [0, 0.05) is 12.1 Å². The number of nitrogens with one attached hydrogen (secondary N) is 2. The third-order valence-electron chi connectivity index (χ3n) is 4.68. The monoisotopic (exact) mass is 391 g/mol. The smallest absolute Gasteiger partial charge is 0.257 e. The fraction of sp³-hybridized carbons (Fsp3) is 0.263. The highest BCUT2D eigenvalue weighted by atomic mass is 32.1. The molecule has 4 nitrogen and oxygen atoms in total. The summed E-state index contributed by atoms with van der Waals surface area (Å²) in [6.07, 6.45) is 2.34. The SMILES string of the molecule is O=C(N[C@@H]1CCC[C@@H]1Nc1nc2ccc(F)cc2s1)c1c(F)cccc1F. The highest BCUT2D eigenvalue weighted by Gasteiger charge is 2.31. The maximum absolute atomic E-state index is 13.8. The molecule has 1 aliphatic carbocycles. The Morgan fingerprint density at radius 2 is 1.81 bits per heavy atom. The molecule has 2 aromatic carbocycles. The Morgan fingerprint density at radius 3 is 2.59 bits per heavy atom. The summed E-state index contributed by atoms with van der Waals surface area (Å²) >= 11 is 1.33. The van der Waals surface area contributed by atoms with E-state index in [-0.39, 0.29) is 17.9 Å². The van der Waals surface area contributed by atoms with Gasteiger partial charge in [-0.3, -0.25) is 4.79 Å². The molecule has 1 fully saturated rings. The Hall–Kier alpha value is -2.61. The summed E-state index contributed by atoms with van der Waals surface area (Å²) in [4.78, 5) is 16.8. The molecule has 0 unspecified atom stereocenters. The lowest BCUT2D eigenvalue weighted by molar-refractivity contribution is 0.0927. The maximum Gasteiger partial charge on any atom is 0.257 e. The van der Waals surface area contributed by atoms with E-state index in [9.17, 15) is 18.0 Å². The third-order valence-corrected chi connectivity index (χ3v) is 5.63. The summed E-state index contributed by atoms with van der Waals surface area (Å²) in [6.45, 7) is 0. The number of nitrogens with zero attached hydrogens (tertiary/aromatic N) is 1. The van der Waals surface area contributed by atoms with Gasteiger partial charge in [-0.2, -0.15) is 0 Å². The quantitative estimate of drug-likeness (QED) is 0.690. The van der Waals surface area contributed by atoms with Gasteiger partial charge in [0.05, 0.1) is 10.2 Å². The van der Waals surface area contributed by atoms with Crippen molar-refractivity contribution in [1.29, 1.82) is 0 Å². The van der Waals surface area contributed by atoms with Crippen molar-refractivity contribution in [3.05, 3.63) is 59.4 Å². The van der Waals surface area contributed by atoms with E-state index in [0.717, 1.165) is 29.7 Å². The second-order valence-corrected chi connectivity index (χ2v) is 7.52. The van der Waals surface area contributed by atoms with Crippen LogP contribution in [0.3, 0.4) is 0 Å². The van der Waals surface area contributed by atoms with Crippen LogP contribution in [-0.2, 0) is 0 Å².